The topological polar surface area (TPSA) is 12.5 Å². The number of benzene rings is 1. The monoisotopic (exact) mass is 195 g/mol. The molecule has 0 saturated heterocycles. The van der Waals surface area contributed by atoms with Gasteiger partial charge in [0.15, 0.2) is 0 Å². The maximum Gasteiger partial charge on any atom is 0.119 e. The number of hydrogen-bond donors (Lipinski definition) is 0. The van der Waals surface area contributed by atoms with Crippen molar-refractivity contribution in [1.82, 2.24) is 0 Å². The third-order valence-corrected chi connectivity index (χ3v) is 2.39. The van der Waals surface area contributed by atoms with Gasteiger partial charge in [0.2, 0.25) is 0 Å². The van der Waals surface area contributed by atoms with E-state index >= 15 is 0 Å². The van der Waals surface area contributed by atoms with Crippen LogP contribution in [0.15, 0.2) is 30.5 Å². The van der Waals surface area contributed by atoms with Crippen molar-refractivity contribution < 1.29 is 4.74 Å². The van der Waals surface area contributed by atoms with Gasteiger partial charge in [0, 0.05) is 18.0 Å². The van der Waals surface area contributed by atoms with E-state index in [2.05, 4.69) is 0 Å². The molecule has 0 spiro atoms. The summed E-state index contributed by atoms with van der Waals surface area (Å²) in [6, 6.07) is 5.88. The van der Waals surface area contributed by atoms with Gasteiger partial charge in [-0.05, 0) is 30.2 Å². The number of nitrogens with zero attached hydrogens (tertiary/aromatic N) is 1. The molecule has 3 heteroatoms. The molecule has 0 aromatic heterocycles. The third-order valence-electron chi connectivity index (χ3n) is 2.09. The van der Waals surface area contributed by atoms with E-state index in [1.807, 2.05) is 30.5 Å². The van der Waals surface area contributed by atoms with Gasteiger partial charge in [0.1, 0.15) is 5.75 Å². The van der Waals surface area contributed by atoms with Gasteiger partial charge >= 0.3 is 0 Å². The van der Waals surface area contributed by atoms with E-state index in [4.69, 9.17) is 16.5 Å². The fourth-order valence-corrected chi connectivity index (χ4v) is 1.66. The van der Waals surface area contributed by atoms with Crippen LogP contribution in [0, 0.1) is 0 Å². The molecule has 0 unspecified atom stereocenters. The number of anilines is 1. The lowest BCUT2D eigenvalue weighted by Crippen LogP contribution is -2.07. The molecule has 0 atom stereocenters. The maximum absolute atomic E-state index is 5.95. The van der Waals surface area contributed by atoms with Crippen LogP contribution in [0.4, 0.5) is 5.69 Å². The van der Waals surface area contributed by atoms with Crippen molar-refractivity contribution in [2.75, 3.05) is 11.5 Å². The molecule has 13 heavy (non-hydrogen) atoms. The Labute approximate surface area is 82.5 Å². The first kappa shape index (κ1) is 8.45. The Morgan fingerprint density at radius 2 is 2.31 bits per heavy atom. The maximum atomic E-state index is 5.95. The van der Waals surface area contributed by atoms with Crippen LogP contribution in [0.25, 0.3) is 0 Å². The quantitative estimate of drug-likeness (QED) is 0.639. The zero-order valence-electron chi connectivity index (χ0n) is 7.33. The summed E-state index contributed by atoms with van der Waals surface area (Å²) in [6.45, 7) is 0. The molecule has 0 N–H and O–H groups in total. The Bertz CT molecular complexity index is 349. The van der Waals surface area contributed by atoms with Crippen molar-refractivity contribution in [3.05, 3.63) is 36.0 Å². The molecule has 2 nitrogen and oxygen atoms in total. The summed E-state index contributed by atoms with van der Waals surface area (Å²) < 4.78 is 6.73. The van der Waals surface area contributed by atoms with Gasteiger partial charge in [0.05, 0.1) is 12.8 Å². The van der Waals surface area contributed by atoms with Crippen LogP contribution in [0.5, 0.6) is 5.75 Å². The highest BCUT2D eigenvalue weighted by molar-refractivity contribution is 6.27. The molecule has 1 heterocycles. The standard InChI is InChI=1S/C10H10ClNO/c1-13-9-4-5-10-8(7-9)3-2-6-12(10)11/h2,4-7H,3H2,1H3. The molecule has 1 aliphatic heterocycles. The molecule has 0 saturated carbocycles. The van der Waals surface area contributed by atoms with E-state index in [-0.39, 0.29) is 0 Å². The van der Waals surface area contributed by atoms with Crippen LogP contribution in [-0.4, -0.2) is 7.11 Å². The molecule has 1 aliphatic rings. The summed E-state index contributed by atoms with van der Waals surface area (Å²) >= 11 is 5.95. The van der Waals surface area contributed by atoms with E-state index < -0.39 is 0 Å². The highest BCUT2D eigenvalue weighted by Gasteiger charge is 2.11. The SMILES string of the molecule is COc1ccc2c(c1)CC=CN2Cl. The lowest BCUT2D eigenvalue weighted by Gasteiger charge is -2.19. The predicted octanol–water partition coefficient (Wildman–Crippen LogP) is 2.73. The molecule has 68 valence electrons. The van der Waals surface area contributed by atoms with Crippen LogP contribution in [0.2, 0.25) is 0 Å². The molecule has 2 rings (SSSR count). The van der Waals surface area contributed by atoms with Gasteiger partial charge in [-0.3, -0.25) is 4.42 Å². The Balaban J connectivity index is 2.43. The smallest absolute Gasteiger partial charge is 0.119 e. The van der Waals surface area contributed by atoms with Crippen molar-refractivity contribution in [3.8, 4) is 5.75 Å². The van der Waals surface area contributed by atoms with Crippen molar-refractivity contribution in [1.29, 1.82) is 0 Å². The minimum absolute atomic E-state index is 0.874. The summed E-state index contributed by atoms with van der Waals surface area (Å²) in [5.74, 6) is 0.874. The summed E-state index contributed by atoms with van der Waals surface area (Å²) in [5, 5.41) is 0. The summed E-state index contributed by atoms with van der Waals surface area (Å²) in [5.41, 5.74) is 2.22. The zero-order chi connectivity index (χ0) is 9.26. The van der Waals surface area contributed by atoms with Gasteiger partial charge < -0.3 is 4.74 Å². The molecular weight excluding hydrogens is 186 g/mol. The molecule has 0 fully saturated rings. The van der Waals surface area contributed by atoms with E-state index in [1.165, 1.54) is 5.56 Å². The van der Waals surface area contributed by atoms with Gasteiger partial charge in [-0.1, -0.05) is 6.08 Å². The molecule has 1 aromatic rings. The van der Waals surface area contributed by atoms with Crippen LogP contribution < -0.4 is 9.16 Å². The predicted molar refractivity (Wildman–Crippen MR) is 54.2 cm³/mol. The largest absolute Gasteiger partial charge is 0.497 e. The highest BCUT2D eigenvalue weighted by Crippen LogP contribution is 2.30. The number of halogens is 1. The minimum atomic E-state index is 0.874. The van der Waals surface area contributed by atoms with Gasteiger partial charge in [-0.2, -0.15) is 0 Å². The van der Waals surface area contributed by atoms with Crippen LogP contribution in [-0.2, 0) is 6.42 Å². The number of fused-ring (bicyclic) bond motifs is 1. The van der Waals surface area contributed by atoms with E-state index in [9.17, 15) is 0 Å². The third kappa shape index (κ3) is 1.49. The zero-order valence-corrected chi connectivity index (χ0v) is 8.08. The van der Waals surface area contributed by atoms with E-state index in [1.54, 1.807) is 11.5 Å². The Morgan fingerprint density at radius 3 is 3.08 bits per heavy atom. The Hall–Kier alpha value is -1.15. The average molecular weight is 196 g/mol. The highest BCUT2D eigenvalue weighted by atomic mass is 35.5. The second-order valence-electron chi connectivity index (χ2n) is 2.89. The van der Waals surface area contributed by atoms with Crippen LogP contribution >= 0.6 is 11.8 Å². The molecule has 0 aliphatic carbocycles. The molecule has 0 bridgehead atoms. The summed E-state index contributed by atoms with van der Waals surface area (Å²) in [4.78, 5) is 0. The first-order chi connectivity index (χ1) is 6.31. The number of hydrogen-bond acceptors (Lipinski definition) is 2. The van der Waals surface area contributed by atoms with Gasteiger partial charge in [0.25, 0.3) is 0 Å². The number of rotatable bonds is 1. The average Bonchev–Trinajstić information content (AvgIpc) is 2.18. The second-order valence-corrected chi connectivity index (χ2v) is 3.26. The molecular formula is C10H10ClNO. The molecule has 0 amide bonds. The lowest BCUT2D eigenvalue weighted by atomic mass is 10.1. The first-order valence-electron chi connectivity index (χ1n) is 4.10. The normalized spacial score (nSPS) is 14.2. The minimum Gasteiger partial charge on any atom is -0.497 e. The number of methoxy groups -OCH3 is 1. The van der Waals surface area contributed by atoms with Crippen LogP contribution in [0.3, 0.4) is 0 Å². The van der Waals surface area contributed by atoms with Gasteiger partial charge in [-0.25, -0.2) is 0 Å². The Morgan fingerprint density at radius 1 is 1.46 bits per heavy atom. The van der Waals surface area contributed by atoms with E-state index in [0.29, 0.717) is 0 Å². The Kier molecular flexibility index (Phi) is 2.15. The lowest BCUT2D eigenvalue weighted by molar-refractivity contribution is 0.414. The first-order valence-corrected chi connectivity index (χ1v) is 4.43. The fraction of sp³-hybridized carbons (Fsp3) is 0.200. The van der Waals surface area contributed by atoms with Crippen LogP contribution in [0.1, 0.15) is 5.56 Å². The van der Waals surface area contributed by atoms with Crippen molar-refractivity contribution in [2.45, 2.75) is 6.42 Å². The number of ether oxygens (including phenoxy) is 1. The summed E-state index contributed by atoms with van der Waals surface area (Å²) in [7, 11) is 1.67. The second kappa shape index (κ2) is 3.30. The van der Waals surface area contributed by atoms with Crippen molar-refractivity contribution in [3.63, 3.8) is 0 Å². The van der Waals surface area contributed by atoms with E-state index in [0.717, 1.165) is 17.9 Å². The molecule has 1 aromatic carbocycles. The number of allylic oxidation sites excluding steroid dienone is 1. The van der Waals surface area contributed by atoms with Crippen molar-refractivity contribution >= 4 is 17.5 Å². The van der Waals surface area contributed by atoms with Crippen molar-refractivity contribution in [2.24, 2.45) is 0 Å². The summed E-state index contributed by atoms with van der Waals surface area (Å²) in [6.07, 6.45) is 4.79. The fourth-order valence-electron chi connectivity index (χ4n) is 1.41. The van der Waals surface area contributed by atoms with Gasteiger partial charge in [-0.15, -0.1) is 0 Å². The molecule has 0 radical (unpaired) electrons.